The molecule has 1 aliphatic heterocycles. The zero-order chi connectivity index (χ0) is 19.9. The van der Waals surface area contributed by atoms with Gasteiger partial charge < -0.3 is 10.1 Å². The Hall–Kier alpha value is -1.75. The molecule has 1 amide bonds. The molecule has 0 spiro atoms. The average molecular weight is 398 g/mol. The first-order chi connectivity index (χ1) is 12.0. The first-order valence-corrected chi connectivity index (χ1v) is 9.32. The molecule has 3 atom stereocenters. The van der Waals surface area contributed by atoms with Crippen LogP contribution in [0, 0.1) is 5.92 Å². The van der Waals surface area contributed by atoms with Crippen molar-refractivity contribution in [1.82, 2.24) is 10.2 Å². The lowest BCUT2D eigenvalue weighted by atomic mass is 10.1. The average Bonchev–Trinajstić information content (AvgIpc) is 2.95. The highest BCUT2D eigenvalue weighted by atomic mass is 32.2. The molecule has 0 aromatic heterocycles. The fourth-order valence-electron chi connectivity index (χ4n) is 2.48. The Labute approximate surface area is 151 Å². The van der Waals surface area contributed by atoms with Crippen molar-refractivity contribution in [3.63, 3.8) is 0 Å². The van der Waals surface area contributed by atoms with Gasteiger partial charge in [-0.25, -0.2) is 9.59 Å². The number of nitrogens with zero attached hydrogens (tertiary/aromatic N) is 1. The molecule has 1 fully saturated rings. The molecule has 26 heavy (non-hydrogen) atoms. The lowest BCUT2D eigenvalue weighted by Crippen LogP contribution is -2.42. The predicted molar refractivity (Wildman–Crippen MR) is 87.4 cm³/mol. The van der Waals surface area contributed by atoms with Crippen molar-refractivity contribution in [3.05, 3.63) is 12.7 Å². The molecule has 1 N–H and O–H groups in total. The Bertz CT molecular complexity index is 582. The molecular weight excluding hydrogens is 377 g/mol. The molecule has 3 unspecified atom stereocenters. The van der Waals surface area contributed by atoms with Gasteiger partial charge in [0.25, 0.3) is 0 Å². The number of nitrogens with one attached hydrogen (secondary N) is 1. The zero-order valence-electron chi connectivity index (χ0n) is 14.2. The van der Waals surface area contributed by atoms with Crippen LogP contribution in [0.25, 0.3) is 0 Å². The number of esters is 2. The molecule has 0 bridgehead atoms. The van der Waals surface area contributed by atoms with E-state index in [4.69, 9.17) is 0 Å². The van der Waals surface area contributed by atoms with Crippen LogP contribution in [0.1, 0.15) is 13.3 Å². The molecular formula is C15H21F3N2O5S. The van der Waals surface area contributed by atoms with Gasteiger partial charge in [-0.1, -0.05) is 6.08 Å². The van der Waals surface area contributed by atoms with Gasteiger partial charge >= 0.3 is 18.1 Å². The summed E-state index contributed by atoms with van der Waals surface area (Å²) in [6.07, 6.45) is -3.51. The van der Waals surface area contributed by atoms with Crippen molar-refractivity contribution in [2.75, 3.05) is 31.1 Å². The summed E-state index contributed by atoms with van der Waals surface area (Å²) >= 11 is 0. The van der Waals surface area contributed by atoms with Crippen LogP contribution in [0.15, 0.2) is 12.7 Å². The van der Waals surface area contributed by atoms with E-state index < -0.39 is 35.0 Å². The second-order valence-electron chi connectivity index (χ2n) is 5.78. The second kappa shape index (κ2) is 9.81. The summed E-state index contributed by atoms with van der Waals surface area (Å²) in [5.74, 6) is -3.83. The van der Waals surface area contributed by atoms with E-state index in [1.54, 1.807) is 6.08 Å². The Morgan fingerprint density at radius 1 is 1.35 bits per heavy atom. The summed E-state index contributed by atoms with van der Waals surface area (Å²) < 4.78 is 52.5. The van der Waals surface area contributed by atoms with Gasteiger partial charge in [-0.2, -0.15) is 13.2 Å². The molecule has 0 aromatic rings. The van der Waals surface area contributed by atoms with Crippen LogP contribution in [0.5, 0.6) is 0 Å². The summed E-state index contributed by atoms with van der Waals surface area (Å²) in [4.78, 5) is 35.1. The summed E-state index contributed by atoms with van der Waals surface area (Å²) in [7, 11) is -1.28. The normalized spacial score (nSPS) is 21.8. The third kappa shape index (κ3) is 7.24. The van der Waals surface area contributed by atoms with Crippen LogP contribution in [-0.2, 0) is 29.9 Å². The fourth-order valence-corrected chi connectivity index (χ4v) is 3.45. The molecule has 1 saturated heterocycles. The largest absolute Gasteiger partial charge is 0.491 e. The summed E-state index contributed by atoms with van der Waals surface area (Å²) in [6, 6.07) is -1.03. The van der Waals surface area contributed by atoms with E-state index in [1.165, 1.54) is 11.8 Å². The Kier molecular flexibility index (Phi) is 8.41. The van der Waals surface area contributed by atoms with Crippen molar-refractivity contribution in [3.8, 4) is 0 Å². The number of alkyl halides is 3. The monoisotopic (exact) mass is 398 g/mol. The Morgan fingerprint density at radius 2 is 2.00 bits per heavy atom. The van der Waals surface area contributed by atoms with E-state index >= 15 is 0 Å². The van der Waals surface area contributed by atoms with E-state index in [2.05, 4.69) is 16.6 Å². The Morgan fingerprint density at radius 3 is 2.54 bits per heavy atom. The standard InChI is InChI=1S/C15H21F3N2O5S/c1-3-11-8-12(13(22)25-14(23)15(16,17)18)20(9-11)5-7-26(24)6-4-19-10(2)21/h3,11-12H,1,4-9H2,2H3,(H,19,21). The molecule has 148 valence electrons. The maximum absolute atomic E-state index is 12.2. The van der Waals surface area contributed by atoms with Crippen LogP contribution in [0.4, 0.5) is 13.2 Å². The number of hydrogen-bond donors (Lipinski definition) is 1. The molecule has 0 aromatic carbocycles. The first-order valence-electron chi connectivity index (χ1n) is 7.83. The van der Waals surface area contributed by atoms with Crippen molar-refractivity contribution >= 4 is 28.6 Å². The summed E-state index contributed by atoms with van der Waals surface area (Å²) in [6.45, 7) is 5.69. The van der Waals surface area contributed by atoms with E-state index in [0.717, 1.165) is 0 Å². The van der Waals surface area contributed by atoms with Crippen LogP contribution >= 0.6 is 0 Å². The van der Waals surface area contributed by atoms with Gasteiger partial charge in [0.15, 0.2) is 0 Å². The van der Waals surface area contributed by atoms with E-state index in [9.17, 15) is 31.8 Å². The number of likely N-dealkylation sites (tertiary alicyclic amines) is 1. The molecule has 0 saturated carbocycles. The quantitative estimate of drug-likeness (QED) is 0.361. The van der Waals surface area contributed by atoms with Crippen molar-refractivity contribution in [2.45, 2.75) is 25.6 Å². The van der Waals surface area contributed by atoms with Gasteiger partial charge in [0, 0.05) is 48.9 Å². The number of ether oxygens (including phenoxy) is 1. The van der Waals surface area contributed by atoms with Crippen molar-refractivity contribution in [1.29, 1.82) is 0 Å². The lowest BCUT2D eigenvalue weighted by molar-refractivity contribution is -0.203. The number of carbonyl (C=O) groups is 3. The van der Waals surface area contributed by atoms with Gasteiger partial charge in [0.1, 0.15) is 6.04 Å². The molecule has 1 rings (SSSR count). The minimum Gasteiger partial charge on any atom is -0.385 e. The van der Waals surface area contributed by atoms with Gasteiger partial charge in [0.05, 0.1) is 0 Å². The highest BCUT2D eigenvalue weighted by Gasteiger charge is 2.45. The van der Waals surface area contributed by atoms with Gasteiger partial charge in [-0.15, -0.1) is 6.58 Å². The number of halogens is 3. The third-order valence-electron chi connectivity index (χ3n) is 3.78. The van der Waals surface area contributed by atoms with Crippen LogP contribution < -0.4 is 5.32 Å². The number of amides is 1. The maximum atomic E-state index is 12.2. The molecule has 7 nitrogen and oxygen atoms in total. The third-order valence-corrected chi connectivity index (χ3v) is 5.07. The van der Waals surface area contributed by atoms with E-state index in [1.807, 2.05) is 0 Å². The number of hydrogen-bond acceptors (Lipinski definition) is 6. The van der Waals surface area contributed by atoms with E-state index in [-0.39, 0.29) is 42.8 Å². The molecule has 0 aliphatic carbocycles. The predicted octanol–water partition coefficient (Wildman–Crippen LogP) is 0.380. The molecule has 1 heterocycles. The Balaban J connectivity index is 2.59. The summed E-state index contributed by atoms with van der Waals surface area (Å²) in [5, 5.41) is 2.51. The van der Waals surface area contributed by atoms with E-state index in [0.29, 0.717) is 6.54 Å². The lowest BCUT2D eigenvalue weighted by Gasteiger charge is -2.22. The number of rotatable bonds is 8. The van der Waals surface area contributed by atoms with Gasteiger partial charge in [0.2, 0.25) is 5.91 Å². The molecule has 0 radical (unpaired) electrons. The molecule has 11 heteroatoms. The minimum atomic E-state index is -5.25. The maximum Gasteiger partial charge on any atom is 0.491 e. The zero-order valence-corrected chi connectivity index (χ0v) is 15.0. The summed E-state index contributed by atoms with van der Waals surface area (Å²) in [5.41, 5.74) is 0. The fraction of sp³-hybridized carbons (Fsp3) is 0.667. The first kappa shape index (κ1) is 22.3. The van der Waals surface area contributed by atoms with Crippen LogP contribution in [0.2, 0.25) is 0 Å². The minimum absolute atomic E-state index is 0.152. The van der Waals surface area contributed by atoms with Gasteiger partial charge in [-0.3, -0.25) is 13.9 Å². The number of carbonyl (C=O) groups excluding carboxylic acids is 3. The topological polar surface area (TPSA) is 92.8 Å². The highest BCUT2D eigenvalue weighted by Crippen LogP contribution is 2.26. The van der Waals surface area contributed by atoms with Crippen LogP contribution in [0.3, 0.4) is 0 Å². The molecule has 1 aliphatic rings. The van der Waals surface area contributed by atoms with Crippen LogP contribution in [-0.4, -0.2) is 70.3 Å². The smallest absolute Gasteiger partial charge is 0.385 e. The highest BCUT2D eigenvalue weighted by molar-refractivity contribution is 7.85. The van der Waals surface area contributed by atoms with Crippen molar-refractivity contribution < 1.29 is 36.5 Å². The van der Waals surface area contributed by atoms with Crippen molar-refractivity contribution in [2.24, 2.45) is 5.92 Å². The SMILES string of the molecule is C=CC1CC(C(=O)OC(=O)C(F)(F)F)N(CCS(=O)CCNC(C)=O)C1. The second-order valence-corrected chi connectivity index (χ2v) is 7.48. The van der Waals surface area contributed by atoms with Gasteiger partial charge in [-0.05, 0) is 12.3 Å².